The molecule has 0 spiro atoms. The second-order valence-corrected chi connectivity index (χ2v) is 5.13. The maximum Gasteiger partial charge on any atom is 0.249 e. The Morgan fingerprint density at radius 2 is 2.19 bits per heavy atom. The summed E-state index contributed by atoms with van der Waals surface area (Å²) < 4.78 is 10.9. The van der Waals surface area contributed by atoms with Crippen molar-refractivity contribution >= 4 is 5.91 Å². The van der Waals surface area contributed by atoms with Crippen LogP contribution >= 0.6 is 0 Å². The summed E-state index contributed by atoms with van der Waals surface area (Å²) in [6.07, 6.45) is 0.932. The van der Waals surface area contributed by atoms with Crippen LogP contribution in [0.1, 0.15) is 34.1 Å². The van der Waals surface area contributed by atoms with Gasteiger partial charge in [0.2, 0.25) is 5.91 Å². The van der Waals surface area contributed by atoms with Gasteiger partial charge in [0, 0.05) is 6.54 Å². The molecule has 1 aliphatic rings. The Morgan fingerprint density at radius 3 is 2.75 bits per heavy atom. The molecule has 1 atom stereocenters. The standard InChI is InChI=1S/C12H23NO3/c1-5-10-8-15-7-6-13(10)11(14)9-16-12(2,3)4/h10H,5-9H2,1-4H3. The predicted octanol–water partition coefficient (Wildman–Crippen LogP) is 1.44. The number of hydrogen-bond donors (Lipinski definition) is 0. The molecule has 0 radical (unpaired) electrons. The Balaban J connectivity index is 2.45. The lowest BCUT2D eigenvalue weighted by Crippen LogP contribution is -2.50. The van der Waals surface area contributed by atoms with Crippen LogP contribution < -0.4 is 0 Å². The molecule has 1 fully saturated rings. The summed E-state index contributed by atoms with van der Waals surface area (Å²) in [5.74, 6) is 0.0741. The zero-order valence-corrected chi connectivity index (χ0v) is 10.8. The first-order chi connectivity index (χ1) is 7.44. The maximum absolute atomic E-state index is 12.0. The third-order valence-corrected chi connectivity index (χ3v) is 2.65. The van der Waals surface area contributed by atoms with Gasteiger partial charge < -0.3 is 14.4 Å². The summed E-state index contributed by atoms with van der Waals surface area (Å²) in [5, 5.41) is 0. The smallest absolute Gasteiger partial charge is 0.249 e. The molecule has 4 heteroatoms. The minimum Gasteiger partial charge on any atom is -0.377 e. The first kappa shape index (κ1) is 13.5. The van der Waals surface area contributed by atoms with Gasteiger partial charge in [0.25, 0.3) is 0 Å². The molecule has 0 N–H and O–H groups in total. The Morgan fingerprint density at radius 1 is 1.50 bits per heavy atom. The highest BCUT2D eigenvalue weighted by Gasteiger charge is 2.26. The Kier molecular flexibility index (Phi) is 4.74. The van der Waals surface area contributed by atoms with Crippen molar-refractivity contribution in [1.82, 2.24) is 4.90 Å². The van der Waals surface area contributed by atoms with E-state index in [0.717, 1.165) is 6.42 Å². The molecule has 0 aromatic carbocycles. The number of ether oxygens (including phenoxy) is 2. The molecule has 16 heavy (non-hydrogen) atoms. The van der Waals surface area contributed by atoms with Crippen molar-refractivity contribution in [2.45, 2.75) is 45.8 Å². The van der Waals surface area contributed by atoms with Crippen LogP contribution in [-0.2, 0) is 14.3 Å². The van der Waals surface area contributed by atoms with Gasteiger partial charge in [0.1, 0.15) is 6.61 Å². The first-order valence-corrected chi connectivity index (χ1v) is 5.95. The van der Waals surface area contributed by atoms with Crippen LogP contribution in [0.25, 0.3) is 0 Å². The molecule has 1 unspecified atom stereocenters. The third kappa shape index (κ3) is 4.10. The fourth-order valence-corrected chi connectivity index (χ4v) is 1.68. The average molecular weight is 229 g/mol. The number of carbonyl (C=O) groups is 1. The van der Waals surface area contributed by atoms with Crippen LogP contribution in [0.5, 0.6) is 0 Å². The quantitative estimate of drug-likeness (QED) is 0.735. The van der Waals surface area contributed by atoms with Gasteiger partial charge in [0.15, 0.2) is 0 Å². The SMILES string of the molecule is CCC1COCCN1C(=O)COC(C)(C)C. The van der Waals surface area contributed by atoms with Crippen molar-refractivity contribution in [2.75, 3.05) is 26.4 Å². The molecular formula is C12H23NO3. The van der Waals surface area contributed by atoms with E-state index < -0.39 is 0 Å². The van der Waals surface area contributed by atoms with Crippen molar-refractivity contribution in [1.29, 1.82) is 0 Å². The van der Waals surface area contributed by atoms with Gasteiger partial charge >= 0.3 is 0 Å². The topological polar surface area (TPSA) is 38.8 Å². The van der Waals surface area contributed by atoms with Crippen molar-refractivity contribution in [3.05, 3.63) is 0 Å². The van der Waals surface area contributed by atoms with Crippen molar-refractivity contribution in [3.8, 4) is 0 Å². The fourth-order valence-electron chi connectivity index (χ4n) is 1.68. The molecular weight excluding hydrogens is 206 g/mol. The van der Waals surface area contributed by atoms with Gasteiger partial charge in [-0.05, 0) is 27.2 Å². The van der Waals surface area contributed by atoms with E-state index in [4.69, 9.17) is 9.47 Å². The van der Waals surface area contributed by atoms with E-state index in [-0.39, 0.29) is 24.2 Å². The molecule has 1 heterocycles. The predicted molar refractivity (Wildman–Crippen MR) is 62.3 cm³/mol. The molecule has 94 valence electrons. The highest BCUT2D eigenvalue weighted by Crippen LogP contribution is 2.12. The van der Waals surface area contributed by atoms with Crippen LogP contribution in [0.3, 0.4) is 0 Å². The molecule has 0 bridgehead atoms. The minimum absolute atomic E-state index is 0.0741. The second-order valence-electron chi connectivity index (χ2n) is 5.13. The number of rotatable bonds is 3. The highest BCUT2D eigenvalue weighted by molar-refractivity contribution is 5.78. The third-order valence-electron chi connectivity index (χ3n) is 2.65. The van der Waals surface area contributed by atoms with E-state index in [1.807, 2.05) is 25.7 Å². The van der Waals surface area contributed by atoms with Gasteiger partial charge in [-0.15, -0.1) is 0 Å². The molecule has 0 aromatic rings. The van der Waals surface area contributed by atoms with E-state index in [9.17, 15) is 4.79 Å². The Hall–Kier alpha value is -0.610. The summed E-state index contributed by atoms with van der Waals surface area (Å²) in [7, 11) is 0. The fraction of sp³-hybridized carbons (Fsp3) is 0.917. The Bertz CT molecular complexity index is 235. The number of carbonyl (C=O) groups excluding carboxylic acids is 1. The number of nitrogens with zero attached hydrogens (tertiary/aromatic N) is 1. The lowest BCUT2D eigenvalue weighted by atomic mass is 10.1. The average Bonchev–Trinajstić information content (AvgIpc) is 2.25. The van der Waals surface area contributed by atoms with Crippen LogP contribution in [0.15, 0.2) is 0 Å². The van der Waals surface area contributed by atoms with Gasteiger partial charge in [-0.1, -0.05) is 6.92 Å². The van der Waals surface area contributed by atoms with Crippen molar-refractivity contribution in [2.24, 2.45) is 0 Å². The van der Waals surface area contributed by atoms with Crippen LogP contribution in [-0.4, -0.2) is 48.8 Å². The normalized spacial score (nSPS) is 22.2. The van der Waals surface area contributed by atoms with Crippen LogP contribution in [0.2, 0.25) is 0 Å². The van der Waals surface area contributed by atoms with Gasteiger partial charge in [-0.25, -0.2) is 0 Å². The summed E-state index contributed by atoms with van der Waals surface area (Å²) >= 11 is 0. The van der Waals surface area contributed by atoms with Crippen molar-refractivity contribution in [3.63, 3.8) is 0 Å². The molecule has 0 aliphatic carbocycles. The maximum atomic E-state index is 12.0. The highest BCUT2D eigenvalue weighted by atomic mass is 16.5. The molecule has 0 aromatic heterocycles. The van der Waals surface area contributed by atoms with E-state index in [0.29, 0.717) is 19.8 Å². The van der Waals surface area contributed by atoms with Gasteiger partial charge in [0.05, 0.1) is 24.9 Å². The summed E-state index contributed by atoms with van der Waals surface area (Å²) in [6, 6.07) is 0.213. The Labute approximate surface area is 97.9 Å². The lowest BCUT2D eigenvalue weighted by molar-refractivity contribution is -0.149. The van der Waals surface area contributed by atoms with E-state index in [1.165, 1.54) is 0 Å². The van der Waals surface area contributed by atoms with Crippen LogP contribution in [0, 0.1) is 0 Å². The molecule has 1 rings (SSSR count). The van der Waals surface area contributed by atoms with E-state index in [1.54, 1.807) is 0 Å². The van der Waals surface area contributed by atoms with Crippen molar-refractivity contribution < 1.29 is 14.3 Å². The molecule has 1 aliphatic heterocycles. The zero-order chi connectivity index (χ0) is 12.2. The monoisotopic (exact) mass is 229 g/mol. The summed E-state index contributed by atoms with van der Waals surface area (Å²) in [5.41, 5.74) is -0.260. The molecule has 1 amide bonds. The lowest BCUT2D eigenvalue weighted by Gasteiger charge is -2.35. The summed E-state index contributed by atoms with van der Waals surface area (Å²) in [6.45, 7) is 10.1. The van der Waals surface area contributed by atoms with Crippen LogP contribution in [0.4, 0.5) is 0 Å². The molecule has 1 saturated heterocycles. The molecule has 0 saturated carbocycles. The number of amides is 1. The minimum atomic E-state index is -0.260. The van der Waals surface area contributed by atoms with E-state index in [2.05, 4.69) is 6.92 Å². The number of morpholine rings is 1. The molecule has 4 nitrogen and oxygen atoms in total. The first-order valence-electron chi connectivity index (χ1n) is 5.95. The van der Waals surface area contributed by atoms with Gasteiger partial charge in [-0.2, -0.15) is 0 Å². The largest absolute Gasteiger partial charge is 0.377 e. The van der Waals surface area contributed by atoms with E-state index >= 15 is 0 Å². The summed E-state index contributed by atoms with van der Waals surface area (Å²) in [4.78, 5) is 13.8. The van der Waals surface area contributed by atoms with Gasteiger partial charge in [-0.3, -0.25) is 4.79 Å². The number of hydrogen-bond acceptors (Lipinski definition) is 3. The second kappa shape index (κ2) is 5.64. The zero-order valence-electron chi connectivity index (χ0n) is 10.8.